The van der Waals surface area contributed by atoms with E-state index in [4.69, 9.17) is 5.73 Å². The average Bonchev–Trinajstić information content (AvgIpc) is 2.85. The summed E-state index contributed by atoms with van der Waals surface area (Å²) < 4.78 is 1.82. The SMILES string of the molecule is NC(=O)CSc1nnnn1C1CCCC1. The molecule has 0 radical (unpaired) electrons. The fourth-order valence-electron chi connectivity index (χ4n) is 1.79. The standard InChI is InChI=1S/C8H13N5OS/c9-7(14)5-15-8-10-11-12-13(8)6-3-1-2-4-6/h6H,1-5H2,(H2,9,14). The number of tetrazole rings is 1. The van der Waals surface area contributed by atoms with Crippen LogP contribution in [0.25, 0.3) is 0 Å². The van der Waals surface area contributed by atoms with Crippen molar-refractivity contribution >= 4 is 17.7 Å². The molecule has 1 aromatic rings. The molecule has 1 aliphatic carbocycles. The number of carbonyl (C=O) groups excluding carboxylic acids is 1. The Morgan fingerprint density at radius 1 is 1.53 bits per heavy atom. The molecule has 1 aromatic heterocycles. The monoisotopic (exact) mass is 227 g/mol. The highest BCUT2D eigenvalue weighted by molar-refractivity contribution is 7.99. The Morgan fingerprint density at radius 2 is 2.27 bits per heavy atom. The quantitative estimate of drug-likeness (QED) is 0.751. The molecule has 2 N–H and O–H groups in total. The van der Waals surface area contributed by atoms with Crippen LogP contribution in [0.5, 0.6) is 0 Å². The van der Waals surface area contributed by atoms with E-state index in [1.165, 1.54) is 24.6 Å². The molecule has 0 bridgehead atoms. The van der Waals surface area contributed by atoms with Crippen LogP contribution < -0.4 is 5.73 Å². The number of amides is 1. The molecule has 82 valence electrons. The number of nitrogens with two attached hydrogens (primary N) is 1. The van der Waals surface area contributed by atoms with Crippen molar-refractivity contribution in [2.45, 2.75) is 36.9 Å². The summed E-state index contributed by atoms with van der Waals surface area (Å²) in [6, 6.07) is 0.398. The second-order valence-corrected chi connectivity index (χ2v) is 4.54. The van der Waals surface area contributed by atoms with Crippen molar-refractivity contribution in [1.82, 2.24) is 20.2 Å². The summed E-state index contributed by atoms with van der Waals surface area (Å²) in [6.45, 7) is 0. The van der Waals surface area contributed by atoms with Gasteiger partial charge in [-0.2, -0.15) is 0 Å². The van der Waals surface area contributed by atoms with E-state index in [-0.39, 0.29) is 11.7 Å². The number of hydrogen-bond acceptors (Lipinski definition) is 5. The first-order valence-electron chi connectivity index (χ1n) is 4.96. The van der Waals surface area contributed by atoms with E-state index >= 15 is 0 Å². The van der Waals surface area contributed by atoms with Crippen molar-refractivity contribution in [3.63, 3.8) is 0 Å². The van der Waals surface area contributed by atoms with Gasteiger partial charge in [0.15, 0.2) is 0 Å². The van der Waals surface area contributed by atoms with E-state index < -0.39 is 0 Å². The summed E-state index contributed by atoms with van der Waals surface area (Å²) in [5, 5.41) is 12.2. The van der Waals surface area contributed by atoms with Gasteiger partial charge in [0.05, 0.1) is 11.8 Å². The Bertz CT molecular complexity index is 347. The van der Waals surface area contributed by atoms with E-state index in [0.29, 0.717) is 11.2 Å². The van der Waals surface area contributed by atoms with Gasteiger partial charge in [-0.3, -0.25) is 4.79 Å². The highest BCUT2D eigenvalue weighted by Gasteiger charge is 2.21. The maximum Gasteiger partial charge on any atom is 0.227 e. The average molecular weight is 227 g/mol. The molecule has 1 aliphatic rings. The van der Waals surface area contributed by atoms with Crippen LogP contribution in [0.3, 0.4) is 0 Å². The third-order valence-electron chi connectivity index (χ3n) is 2.48. The molecule has 1 saturated carbocycles. The van der Waals surface area contributed by atoms with Gasteiger partial charge in [-0.05, 0) is 23.3 Å². The Kier molecular flexibility index (Phi) is 3.20. The highest BCUT2D eigenvalue weighted by Crippen LogP contribution is 2.31. The van der Waals surface area contributed by atoms with Gasteiger partial charge >= 0.3 is 0 Å². The summed E-state index contributed by atoms with van der Waals surface area (Å²) in [7, 11) is 0. The number of hydrogen-bond donors (Lipinski definition) is 1. The predicted octanol–water partition coefficient (Wildman–Crippen LogP) is 0.366. The van der Waals surface area contributed by atoms with Gasteiger partial charge < -0.3 is 5.73 Å². The molecule has 0 saturated heterocycles. The molecule has 0 aliphatic heterocycles. The molecule has 0 unspecified atom stereocenters. The molecule has 15 heavy (non-hydrogen) atoms. The van der Waals surface area contributed by atoms with Crippen molar-refractivity contribution in [2.24, 2.45) is 5.73 Å². The second kappa shape index (κ2) is 4.61. The number of thioether (sulfide) groups is 1. The molecule has 0 atom stereocenters. The molecule has 0 spiro atoms. The van der Waals surface area contributed by atoms with Crippen molar-refractivity contribution < 1.29 is 4.79 Å². The van der Waals surface area contributed by atoms with Crippen LogP contribution in [0.15, 0.2) is 5.16 Å². The predicted molar refractivity (Wildman–Crippen MR) is 55.2 cm³/mol. The van der Waals surface area contributed by atoms with Gasteiger partial charge in [0, 0.05) is 0 Å². The van der Waals surface area contributed by atoms with E-state index in [1.54, 1.807) is 0 Å². The largest absolute Gasteiger partial charge is 0.369 e. The molecular formula is C8H13N5OS. The third-order valence-corrected chi connectivity index (χ3v) is 3.43. The van der Waals surface area contributed by atoms with Crippen LogP contribution in [0.2, 0.25) is 0 Å². The Balaban J connectivity index is 2.04. The number of aromatic nitrogens is 4. The molecule has 1 heterocycles. The topological polar surface area (TPSA) is 86.7 Å². The zero-order valence-electron chi connectivity index (χ0n) is 8.30. The molecule has 1 amide bonds. The lowest BCUT2D eigenvalue weighted by molar-refractivity contribution is -0.115. The van der Waals surface area contributed by atoms with Crippen LogP contribution in [-0.4, -0.2) is 31.9 Å². The van der Waals surface area contributed by atoms with Gasteiger partial charge in [0.2, 0.25) is 11.1 Å². The molecule has 2 rings (SSSR count). The number of rotatable bonds is 4. The van der Waals surface area contributed by atoms with Gasteiger partial charge in [-0.25, -0.2) is 4.68 Å². The van der Waals surface area contributed by atoms with Gasteiger partial charge in [0.1, 0.15) is 0 Å². The van der Waals surface area contributed by atoms with E-state index in [1.807, 2.05) is 4.68 Å². The second-order valence-electron chi connectivity index (χ2n) is 3.60. The molecular weight excluding hydrogens is 214 g/mol. The van der Waals surface area contributed by atoms with Crippen LogP contribution in [0.4, 0.5) is 0 Å². The molecule has 1 fully saturated rings. The molecule has 7 heteroatoms. The first-order valence-corrected chi connectivity index (χ1v) is 5.95. The maximum atomic E-state index is 10.7. The van der Waals surface area contributed by atoms with Crippen LogP contribution >= 0.6 is 11.8 Å². The van der Waals surface area contributed by atoms with Crippen LogP contribution in [0, 0.1) is 0 Å². The lowest BCUT2D eigenvalue weighted by Crippen LogP contribution is -2.15. The van der Waals surface area contributed by atoms with Crippen molar-refractivity contribution in [3.05, 3.63) is 0 Å². The maximum absolute atomic E-state index is 10.7. The summed E-state index contributed by atoms with van der Waals surface area (Å²) in [4.78, 5) is 10.7. The zero-order valence-corrected chi connectivity index (χ0v) is 9.11. The van der Waals surface area contributed by atoms with Gasteiger partial charge in [-0.15, -0.1) is 5.10 Å². The summed E-state index contributed by atoms with van der Waals surface area (Å²) in [5.41, 5.74) is 5.07. The summed E-state index contributed by atoms with van der Waals surface area (Å²) in [5.74, 6) is -0.117. The van der Waals surface area contributed by atoms with Crippen molar-refractivity contribution in [1.29, 1.82) is 0 Å². The van der Waals surface area contributed by atoms with Crippen molar-refractivity contribution in [3.8, 4) is 0 Å². The third kappa shape index (κ3) is 2.47. The lowest BCUT2D eigenvalue weighted by atomic mass is 10.3. The highest BCUT2D eigenvalue weighted by atomic mass is 32.2. The Hall–Kier alpha value is -1.11. The van der Waals surface area contributed by atoms with Crippen molar-refractivity contribution in [2.75, 3.05) is 5.75 Å². The lowest BCUT2D eigenvalue weighted by Gasteiger charge is -2.09. The van der Waals surface area contributed by atoms with Gasteiger partial charge in [0.25, 0.3) is 0 Å². The first kappa shape index (κ1) is 10.4. The number of nitrogens with zero attached hydrogens (tertiary/aromatic N) is 4. The van der Waals surface area contributed by atoms with E-state index in [0.717, 1.165) is 12.8 Å². The Morgan fingerprint density at radius 3 is 2.93 bits per heavy atom. The Labute approximate surface area is 91.6 Å². The normalized spacial score (nSPS) is 17.1. The minimum absolute atomic E-state index is 0.229. The van der Waals surface area contributed by atoms with Crippen LogP contribution in [-0.2, 0) is 4.79 Å². The fourth-order valence-corrected chi connectivity index (χ4v) is 2.48. The van der Waals surface area contributed by atoms with E-state index in [2.05, 4.69) is 15.5 Å². The van der Waals surface area contributed by atoms with Crippen LogP contribution in [0.1, 0.15) is 31.7 Å². The first-order chi connectivity index (χ1) is 7.27. The zero-order chi connectivity index (χ0) is 10.7. The summed E-state index contributed by atoms with van der Waals surface area (Å²) >= 11 is 1.30. The molecule has 6 nitrogen and oxygen atoms in total. The number of primary amides is 1. The molecule has 0 aromatic carbocycles. The van der Waals surface area contributed by atoms with Gasteiger partial charge in [-0.1, -0.05) is 24.6 Å². The fraction of sp³-hybridized carbons (Fsp3) is 0.750. The van der Waals surface area contributed by atoms with E-state index in [9.17, 15) is 4.79 Å². The minimum atomic E-state index is -0.346. The number of carbonyl (C=O) groups is 1. The summed E-state index contributed by atoms with van der Waals surface area (Å²) in [6.07, 6.45) is 4.69. The minimum Gasteiger partial charge on any atom is -0.369 e. The smallest absolute Gasteiger partial charge is 0.227 e.